The number of likely N-dealkylation sites (tertiary alicyclic amines) is 1. The van der Waals surface area contributed by atoms with Crippen molar-refractivity contribution in [2.45, 2.75) is 51.7 Å². The molecule has 1 saturated heterocycles. The lowest BCUT2D eigenvalue weighted by Crippen LogP contribution is -2.40. The van der Waals surface area contributed by atoms with E-state index in [1.165, 1.54) is 25.1 Å². The zero-order valence-electron chi connectivity index (χ0n) is 13.2. The van der Waals surface area contributed by atoms with Crippen LogP contribution in [0.1, 0.15) is 32.8 Å². The SMILES string of the molecule is COc1ccccc1CC(C)NC1CCN(C(C)C)C1. The molecule has 2 atom stereocenters. The minimum atomic E-state index is 0.475. The second-order valence-electron chi connectivity index (χ2n) is 6.16. The summed E-state index contributed by atoms with van der Waals surface area (Å²) < 4.78 is 5.43. The van der Waals surface area contributed by atoms with Gasteiger partial charge in [-0.25, -0.2) is 0 Å². The standard InChI is InChI=1S/C17H28N2O/c1-13(2)19-10-9-16(12-19)18-14(3)11-15-7-5-6-8-17(15)20-4/h5-8,13-14,16,18H,9-12H2,1-4H3. The average Bonchev–Trinajstić information content (AvgIpc) is 2.88. The lowest BCUT2D eigenvalue weighted by atomic mass is 10.0. The van der Waals surface area contributed by atoms with Crippen molar-refractivity contribution < 1.29 is 4.74 Å². The smallest absolute Gasteiger partial charge is 0.122 e. The van der Waals surface area contributed by atoms with Gasteiger partial charge in [-0.3, -0.25) is 4.90 Å². The summed E-state index contributed by atoms with van der Waals surface area (Å²) in [5, 5.41) is 3.77. The highest BCUT2D eigenvalue weighted by atomic mass is 16.5. The summed E-state index contributed by atoms with van der Waals surface area (Å²) >= 11 is 0. The van der Waals surface area contributed by atoms with Crippen LogP contribution in [0.15, 0.2) is 24.3 Å². The molecule has 1 heterocycles. The Hall–Kier alpha value is -1.06. The number of para-hydroxylation sites is 1. The van der Waals surface area contributed by atoms with Gasteiger partial charge >= 0.3 is 0 Å². The van der Waals surface area contributed by atoms with Gasteiger partial charge in [-0.2, -0.15) is 0 Å². The molecular formula is C17H28N2O. The van der Waals surface area contributed by atoms with Crippen LogP contribution in [0.3, 0.4) is 0 Å². The Morgan fingerprint density at radius 1 is 1.30 bits per heavy atom. The van der Waals surface area contributed by atoms with Gasteiger partial charge in [0, 0.05) is 24.7 Å². The molecule has 2 rings (SSSR count). The molecule has 1 aliphatic heterocycles. The maximum Gasteiger partial charge on any atom is 0.122 e. The van der Waals surface area contributed by atoms with Gasteiger partial charge in [0.05, 0.1) is 7.11 Å². The zero-order chi connectivity index (χ0) is 14.5. The Kier molecular flexibility index (Phi) is 5.44. The first-order valence-corrected chi connectivity index (χ1v) is 7.72. The summed E-state index contributed by atoms with van der Waals surface area (Å²) in [6.07, 6.45) is 2.27. The van der Waals surface area contributed by atoms with Crippen LogP contribution in [-0.2, 0) is 6.42 Å². The van der Waals surface area contributed by atoms with E-state index in [9.17, 15) is 0 Å². The summed E-state index contributed by atoms with van der Waals surface area (Å²) in [6.45, 7) is 9.22. The Morgan fingerprint density at radius 3 is 2.70 bits per heavy atom. The molecule has 0 aliphatic carbocycles. The predicted molar refractivity (Wildman–Crippen MR) is 84.4 cm³/mol. The molecule has 3 nitrogen and oxygen atoms in total. The van der Waals surface area contributed by atoms with Gasteiger partial charge in [0.15, 0.2) is 0 Å². The average molecular weight is 276 g/mol. The molecule has 0 bridgehead atoms. The van der Waals surface area contributed by atoms with Gasteiger partial charge in [-0.15, -0.1) is 0 Å². The predicted octanol–water partition coefficient (Wildman–Crippen LogP) is 2.70. The van der Waals surface area contributed by atoms with Gasteiger partial charge in [0.2, 0.25) is 0 Å². The summed E-state index contributed by atoms with van der Waals surface area (Å²) in [6, 6.07) is 10.1. The number of hydrogen-bond acceptors (Lipinski definition) is 3. The first-order chi connectivity index (χ1) is 9.60. The number of ether oxygens (including phenoxy) is 1. The first kappa shape index (κ1) is 15.3. The topological polar surface area (TPSA) is 24.5 Å². The monoisotopic (exact) mass is 276 g/mol. The molecular weight excluding hydrogens is 248 g/mol. The van der Waals surface area contributed by atoms with Crippen molar-refractivity contribution in [1.29, 1.82) is 0 Å². The van der Waals surface area contributed by atoms with E-state index in [2.05, 4.69) is 43.1 Å². The molecule has 0 amide bonds. The van der Waals surface area contributed by atoms with E-state index in [1.807, 2.05) is 12.1 Å². The Balaban J connectivity index is 1.85. The van der Waals surface area contributed by atoms with E-state index in [0.29, 0.717) is 18.1 Å². The molecule has 0 spiro atoms. The number of nitrogens with one attached hydrogen (secondary N) is 1. The number of nitrogens with zero attached hydrogens (tertiary/aromatic N) is 1. The Labute approximate surface area is 123 Å². The van der Waals surface area contributed by atoms with E-state index in [1.54, 1.807) is 7.11 Å². The maximum absolute atomic E-state index is 5.43. The molecule has 3 heteroatoms. The van der Waals surface area contributed by atoms with Crippen LogP contribution >= 0.6 is 0 Å². The fourth-order valence-corrected chi connectivity index (χ4v) is 3.06. The largest absolute Gasteiger partial charge is 0.496 e. The van der Waals surface area contributed by atoms with E-state index in [0.717, 1.165) is 12.2 Å². The fourth-order valence-electron chi connectivity index (χ4n) is 3.06. The molecule has 2 unspecified atom stereocenters. The van der Waals surface area contributed by atoms with Gasteiger partial charge in [0.25, 0.3) is 0 Å². The third-order valence-electron chi connectivity index (χ3n) is 4.19. The van der Waals surface area contributed by atoms with Crippen LogP contribution in [0.25, 0.3) is 0 Å². The molecule has 1 aromatic carbocycles. The quantitative estimate of drug-likeness (QED) is 0.864. The van der Waals surface area contributed by atoms with Crippen molar-refractivity contribution in [1.82, 2.24) is 10.2 Å². The molecule has 20 heavy (non-hydrogen) atoms. The second-order valence-corrected chi connectivity index (χ2v) is 6.16. The van der Waals surface area contributed by atoms with Crippen molar-refractivity contribution >= 4 is 0 Å². The lowest BCUT2D eigenvalue weighted by Gasteiger charge is -2.23. The Morgan fingerprint density at radius 2 is 2.05 bits per heavy atom. The zero-order valence-corrected chi connectivity index (χ0v) is 13.2. The van der Waals surface area contributed by atoms with Gasteiger partial charge in [-0.05, 0) is 51.8 Å². The number of methoxy groups -OCH3 is 1. The second kappa shape index (κ2) is 7.09. The van der Waals surface area contributed by atoms with Crippen molar-refractivity contribution in [2.75, 3.05) is 20.2 Å². The molecule has 0 saturated carbocycles. The summed E-state index contributed by atoms with van der Waals surface area (Å²) in [5.41, 5.74) is 1.29. The van der Waals surface area contributed by atoms with E-state index < -0.39 is 0 Å². The highest BCUT2D eigenvalue weighted by molar-refractivity contribution is 5.33. The van der Waals surface area contributed by atoms with E-state index in [-0.39, 0.29) is 0 Å². The van der Waals surface area contributed by atoms with Crippen LogP contribution in [0, 0.1) is 0 Å². The van der Waals surface area contributed by atoms with Crippen molar-refractivity contribution in [3.05, 3.63) is 29.8 Å². The van der Waals surface area contributed by atoms with E-state index in [4.69, 9.17) is 4.74 Å². The fraction of sp³-hybridized carbons (Fsp3) is 0.647. The summed E-state index contributed by atoms with van der Waals surface area (Å²) in [4.78, 5) is 2.55. The van der Waals surface area contributed by atoms with E-state index >= 15 is 0 Å². The van der Waals surface area contributed by atoms with Crippen LogP contribution in [0.2, 0.25) is 0 Å². The first-order valence-electron chi connectivity index (χ1n) is 7.72. The molecule has 0 radical (unpaired) electrons. The number of rotatable bonds is 6. The van der Waals surface area contributed by atoms with Crippen molar-refractivity contribution in [3.8, 4) is 5.75 Å². The van der Waals surface area contributed by atoms with Crippen LogP contribution < -0.4 is 10.1 Å². The molecule has 112 valence electrons. The molecule has 1 N–H and O–H groups in total. The maximum atomic E-state index is 5.43. The van der Waals surface area contributed by atoms with Gasteiger partial charge in [0.1, 0.15) is 5.75 Å². The highest BCUT2D eigenvalue weighted by Crippen LogP contribution is 2.20. The van der Waals surface area contributed by atoms with Gasteiger partial charge < -0.3 is 10.1 Å². The summed E-state index contributed by atoms with van der Waals surface area (Å²) in [5.74, 6) is 0.997. The van der Waals surface area contributed by atoms with Crippen LogP contribution in [0.5, 0.6) is 5.75 Å². The molecule has 0 aromatic heterocycles. The molecule has 1 fully saturated rings. The highest BCUT2D eigenvalue weighted by Gasteiger charge is 2.25. The minimum absolute atomic E-state index is 0.475. The minimum Gasteiger partial charge on any atom is -0.496 e. The third kappa shape index (κ3) is 3.97. The lowest BCUT2D eigenvalue weighted by molar-refractivity contribution is 0.265. The van der Waals surface area contributed by atoms with Crippen LogP contribution in [-0.4, -0.2) is 43.2 Å². The van der Waals surface area contributed by atoms with Gasteiger partial charge in [-0.1, -0.05) is 18.2 Å². The number of hydrogen-bond donors (Lipinski definition) is 1. The Bertz CT molecular complexity index is 419. The van der Waals surface area contributed by atoms with Crippen LogP contribution in [0.4, 0.5) is 0 Å². The summed E-state index contributed by atoms with van der Waals surface area (Å²) in [7, 11) is 1.74. The van der Waals surface area contributed by atoms with Crippen molar-refractivity contribution in [2.24, 2.45) is 0 Å². The van der Waals surface area contributed by atoms with Crippen molar-refractivity contribution in [3.63, 3.8) is 0 Å². The molecule has 1 aliphatic rings. The third-order valence-corrected chi connectivity index (χ3v) is 4.19. The molecule has 1 aromatic rings. The normalized spacial score (nSPS) is 21.4. The number of benzene rings is 1.